The second kappa shape index (κ2) is 6.72. The van der Waals surface area contributed by atoms with Crippen LogP contribution in [0.15, 0.2) is 18.2 Å². The monoisotopic (exact) mass is 306 g/mol. The van der Waals surface area contributed by atoms with Crippen molar-refractivity contribution in [1.29, 1.82) is 0 Å². The summed E-state index contributed by atoms with van der Waals surface area (Å²) in [6.07, 6.45) is 1.06. The highest BCUT2D eigenvalue weighted by molar-refractivity contribution is 7.92. The fourth-order valence-corrected chi connectivity index (χ4v) is 2.85. The Kier molecular flexibility index (Phi) is 5.56. The second-order valence-electron chi connectivity index (χ2n) is 4.08. The molecule has 0 bridgehead atoms. The summed E-state index contributed by atoms with van der Waals surface area (Å²) in [6.45, 7) is 1.59. The Labute approximate surface area is 117 Å². The molecule has 0 saturated heterocycles. The Bertz CT molecular complexity index is 560. The van der Waals surface area contributed by atoms with E-state index in [-0.39, 0.29) is 17.1 Å². The molecule has 0 fully saturated rings. The van der Waals surface area contributed by atoms with Gasteiger partial charge in [-0.3, -0.25) is 14.8 Å². The highest BCUT2D eigenvalue weighted by Crippen LogP contribution is 2.23. The van der Waals surface area contributed by atoms with Crippen molar-refractivity contribution in [3.63, 3.8) is 0 Å². The van der Waals surface area contributed by atoms with Crippen LogP contribution in [0.3, 0.4) is 0 Å². The van der Waals surface area contributed by atoms with Gasteiger partial charge in [0.2, 0.25) is 10.0 Å². The van der Waals surface area contributed by atoms with E-state index in [0.717, 1.165) is 0 Å². The van der Waals surface area contributed by atoms with Crippen LogP contribution in [0.2, 0.25) is 0 Å². The van der Waals surface area contributed by atoms with E-state index < -0.39 is 14.9 Å². The summed E-state index contributed by atoms with van der Waals surface area (Å²) >= 11 is 5.47. The minimum atomic E-state index is -3.49. The zero-order chi connectivity index (χ0) is 14.5. The highest BCUT2D eigenvalue weighted by atomic mass is 35.5. The number of benzene rings is 1. The highest BCUT2D eigenvalue weighted by Gasteiger charge is 2.15. The molecule has 0 aliphatic heterocycles. The first kappa shape index (κ1) is 15.7. The molecule has 8 heteroatoms. The van der Waals surface area contributed by atoms with E-state index in [4.69, 9.17) is 11.6 Å². The number of unbranched alkanes of at least 4 members (excludes halogenated alkanes) is 1. The fraction of sp³-hybridized carbons (Fsp3) is 0.455. The van der Waals surface area contributed by atoms with E-state index in [2.05, 4.69) is 4.72 Å². The first-order valence-electron chi connectivity index (χ1n) is 5.67. The third kappa shape index (κ3) is 5.04. The van der Waals surface area contributed by atoms with Gasteiger partial charge in [-0.1, -0.05) is 6.07 Å². The number of sulfonamides is 1. The molecule has 0 radical (unpaired) electrons. The summed E-state index contributed by atoms with van der Waals surface area (Å²) < 4.78 is 25.8. The van der Waals surface area contributed by atoms with Gasteiger partial charge in [0.15, 0.2) is 0 Å². The number of halogens is 1. The predicted molar refractivity (Wildman–Crippen MR) is 75.2 cm³/mol. The molecule has 0 spiro atoms. The number of alkyl halides is 1. The average Bonchev–Trinajstić information content (AvgIpc) is 2.31. The van der Waals surface area contributed by atoms with Crippen LogP contribution in [-0.4, -0.2) is 25.0 Å². The van der Waals surface area contributed by atoms with Gasteiger partial charge in [0.25, 0.3) is 5.69 Å². The molecule has 0 unspecified atom stereocenters. The standard InChI is InChI=1S/C11H15ClN2O4S/c1-9-4-5-10(8-11(9)14(15)16)13-19(17,18)7-3-2-6-12/h4-5,8,13H,2-3,6-7H2,1H3. The largest absolute Gasteiger partial charge is 0.283 e. The summed E-state index contributed by atoms with van der Waals surface area (Å²) in [5, 5.41) is 10.8. The maximum Gasteiger partial charge on any atom is 0.274 e. The fourth-order valence-electron chi connectivity index (χ4n) is 1.49. The third-order valence-electron chi connectivity index (χ3n) is 2.48. The van der Waals surface area contributed by atoms with Crippen LogP contribution in [-0.2, 0) is 10.0 Å². The van der Waals surface area contributed by atoms with E-state index >= 15 is 0 Å². The number of nitrogens with one attached hydrogen (secondary N) is 1. The minimum Gasteiger partial charge on any atom is -0.283 e. The molecule has 0 saturated carbocycles. The van der Waals surface area contributed by atoms with Gasteiger partial charge >= 0.3 is 0 Å². The van der Waals surface area contributed by atoms with Crippen LogP contribution < -0.4 is 4.72 Å². The van der Waals surface area contributed by atoms with E-state index in [1.165, 1.54) is 18.2 Å². The van der Waals surface area contributed by atoms with Crippen LogP contribution in [0, 0.1) is 17.0 Å². The first-order valence-corrected chi connectivity index (χ1v) is 7.86. The van der Waals surface area contributed by atoms with Crippen molar-refractivity contribution in [1.82, 2.24) is 0 Å². The molecule has 1 N–H and O–H groups in total. The molecule has 0 aromatic heterocycles. The summed E-state index contributed by atoms with van der Waals surface area (Å²) in [6, 6.07) is 4.23. The molecule has 6 nitrogen and oxygen atoms in total. The Morgan fingerprint density at radius 3 is 2.63 bits per heavy atom. The normalized spacial score (nSPS) is 11.3. The van der Waals surface area contributed by atoms with Gasteiger partial charge in [-0.25, -0.2) is 8.42 Å². The first-order chi connectivity index (χ1) is 8.85. The lowest BCUT2D eigenvalue weighted by molar-refractivity contribution is -0.385. The zero-order valence-corrected chi connectivity index (χ0v) is 12.0. The summed E-state index contributed by atoms with van der Waals surface area (Å²) in [7, 11) is -3.49. The number of anilines is 1. The van der Waals surface area contributed by atoms with Crippen LogP contribution in [0.1, 0.15) is 18.4 Å². The average molecular weight is 307 g/mol. The van der Waals surface area contributed by atoms with Gasteiger partial charge in [0, 0.05) is 17.5 Å². The van der Waals surface area contributed by atoms with Gasteiger partial charge in [-0.15, -0.1) is 11.6 Å². The van der Waals surface area contributed by atoms with E-state index in [1.807, 2.05) is 0 Å². The van der Waals surface area contributed by atoms with Crippen LogP contribution >= 0.6 is 11.6 Å². The number of hydrogen-bond donors (Lipinski definition) is 1. The van der Waals surface area contributed by atoms with Gasteiger partial charge in [0.1, 0.15) is 0 Å². The van der Waals surface area contributed by atoms with Crippen molar-refractivity contribution < 1.29 is 13.3 Å². The topological polar surface area (TPSA) is 89.3 Å². The smallest absolute Gasteiger partial charge is 0.274 e. The SMILES string of the molecule is Cc1ccc(NS(=O)(=O)CCCCCl)cc1[N+](=O)[O-]. The molecule has 1 aromatic carbocycles. The van der Waals surface area contributed by atoms with Gasteiger partial charge in [0.05, 0.1) is 16.4 Å². The number of rotatable bonds is 7. The number of nitro benzene ring substituents is 1. The van der Waals surface area contributed by atoms with E-state index in [9.17, 15) is 18.5 Å². The molecular weight excluding hydrogens is 292 g/mol. The Morgan fingerprint density at radius 2 is 2.05 bits per heavy atom. The number of hydrogen-bond acceptors (Lipinski definition) is 4. The van der Waals surface area contributed by atoms with Gasteiger partial charge < -0.3 is 0 Å². The molecule has 0 amide bonds. The molecule has 1 aromatic rings. The Morgan fingerprint density at radius 1 is 1.37 bits per heavy atom. The molecule has 0 aliphatic carbocycles. The maximum atomic E-state index is 11.7. The van der Waals surface area contributed by atoms with Gasteiger partial charge in [-0.2, -0.15) is 0 Å². The van der Waals surface area contributed by atoms with Crippen LogP contribution in [0.5, 0.6) is 0 Å². The Balaban J connectivity index is 2.82. The van der Waals surface area contributed by atoms with Crippen molar-refractivity contribution in [2.45, 2.75) is 19.8 Å². The molecule has 0 heterocycles. The lowest BCUT2D eigenvalue weighted by Crippen LogP contribution is -2.17. The molecule has 0 atom stereocenters. The van der Waals surface area contributed by atoms with Gasteiger partial charge in [-0.05, 0) is 25.8 Å². The van der Waals surface area contributed by atoms with Crippen molar-refractivity contribution in [3.8, 4) is 0 Å². The van der Waals surface area contributed by atoms with Crippen molar-refractivity contribution in [2.24, 2.45) is 0 Å². The van der Waals surface area contributed by atoms with Crippen molar-refractivity contribution in [2.75, 3.05) is 16.4 Å². The lowest BCUT2D eigenvalue weighted by Gasteiger charge is -2.08. The summed E-state index contributed by atoms with van der Waals surface area (Å²) in [5.41, 5.74) is 0.569. The molecule has 19 heavy (non-hydrogen) atoms. The van der Waals surface area contributed by atoms with E-state index in [1.54, 1.807) is 6.92 Å². The van der Waals surface area contributed by atoms with Crippen molar-refractivity contribution >= 4 is 33.0 Å². The maximum absolute atomic E-state index is 11.7. The van der Waals surface area contributed by atoms with E-state index in [0.29, 0.717) is 24.3 Å². The zero-order valence-electron chi connectivity index (χ0n) is 10.4. The third-order valence-corrected chi connectivity index (χ3v) is 4.12. The number of aryl methyl sites for hydroxylation is 1. The summed E-state index contributed by atoms with van der Waals surface area (Å²) in [4.78, 5) is 10.2. The second-order valence-corrected chi connectivity index (χ2v) is 6.30. The molecule has 106 valence electrons. The minimum absolute atomic E-state index is 0.0542. The number of nitrogens with zero attached hydrogens (tertiary/aromatic N) is 1. The van der Waals surface area contributed by atoms with Crippen molar-refractivity contribution in [3.05, 3.63) is 33.9 Å². The quantitative estimate of drug-likeness (QED) is 0.363. The number of nitro groups is 1. The molecule has 0 aliphatic rings. The summed E-state index contributed by atoms with van der Waals surface area (Å²) in [5.74, 6) is 0.354. The van der Waals surface area contributed by atoms with Crippen LogP contribution in [0.25, 0.3) is 0 Å². The Hall–Kier alpha value is -1.34. The lowest BCUT2D eigenvalue weighted by atomic mass is 10.2. The predicted octanol–water partition coefficient (Wildman–Crippen LogP) is 2.66. The molecular formula is C11H15ClN2O4S. The molecule has 1 rings (SSSR count). The van der Waals surface area contributed by atoms with Crippen LogP contribution in [0.4, 0.5) is 11.4 Å².